The van der Waals surface area contributed by atoms with Gasteiger partial charge in [-0.1, -0.05) is 67.1 Å². The number of imidazole rings is 1. The minimum Gasteiger partial charge on any atom is -0.352 e. The van der Waals surface area contributed by atoms with E-state index >= 15 is 0 Å². The second-order valence-corrected chi connectivity index (χ2v) is 12.6. The minimum atomic E-state index is -4.48. The summed E-state index contributed by atoms with van der Waals surface area (Å²) in [5, 5.41) is 4.21. The van der Waals surface area contributed by atoms with Crippen molar-refractivity contribution in [3.8, 4) is 0 Å². The molecule has 0 unspecified atom stereocenters. The fraction of sp³-hybridized carbons (Fsp3) is 0.429. The first-order chi connectivity index (χ1) is 21.8. The second kappa shape index (κ2) is 13.8. The third kappa shape index (κ3) is 7.12. The Kier molecular flexibility index (Phi) is 9.61. The van der Waals surface area contributed by atoms with Gasteiger partial charge in [0.1, 0.15) is 0 Å². The van der Waals surface area contributed by atoms with Gasteiger partial charge in [-0.25, -0.2) is 4.79 Å². The van der Waals surface area contributed by atoms with E-state index in [2.05, 4.69) is 39.4 Å². The maximum Gasteiger partial charge on any atom is 0.416 e. The number of thiocarbonyl (C=S) groups is 1. The number of rotatable bonds is 8. The highest BCUT2D eigenvalue weighted by Gasteiger charge is 2.33. The lowest BCUT2D eigenvalue weighted by atomic mass is 9.99. The van der Waals surface area contributed by atoms with Crippen LogP contribution in [0.3, 0.4) is 0 Å². The molecule has 1 N–H and O–H groups in total. The van der Waals surface area contributed by atoms with E-state index in [4.69, 9.17) is 12.2 Å². The van der Waals surface area contributed by atoms with Crippen LogP contribution in [0.4, 0.5) is 13.2 Å². The number of hydrogen-bond donors (Lipinski definition) is 1. The number of aryl methyl sites for hydroxylation is 1. The first kappa shape index (κ1) is 31.4. The smallest absolute Gasteiger partial charge is 0.352 e. The molecular weight excluding hydrogens is 595 g/mol. The SMILES string of the molecule is O=c1n(CCCN2CCCCC2)c2cc(C(F)(F)F)ccc2n1C1CCN(C(=S)NC(c2ccccc2)c2ccccc2)CC1. The number of halogens is 3. The van der Waals surface area contributed by atoms with Crippen LogP contribution >= 0.6 is 12.2 Å². The van der Waals surface area contributed by atoms with Crippen LogP contribution in [0.25, 0.3) is 11.0 Å². The molecule has 0 bridgehead atoms. The van der Waals surface area contributed by atoms with E-state index in [0.29, 0.717) is 48.6 Å². The molecule has 2 saturated heterocycles. The van der Waals surface area contributed by atoms with Gasteiger partial charge in [0.25, 0.3) is 0 Å². The molecule has 3 aromatic carbocycles. The van der Waals surface area contributed by atoms with Gasteiger partial charge >= 0.3 is 11.9 Å². The zero-order valence-corrected chi connectivity index (χ0v) is 26.2. The Morgan fingerprint density at radius 2 is 1.44 bits per heavy atom. The number of aromatic nitrogens is 2. The number of nitrogens with one attached hydrogen (secondary N) is 1. The van der Waals surface area contributed by atoms with Crippen molar-refractivity contribution in [2.75, 3.05) is 32.7 Å². The fourth-order valence-electron chi connectivity index (χ4n) is 6.85. The molecule has 0 amide bonds. The predicted molar refractivity (Wildman–Crippen MR) is 176 cm³/mol. The lowest BCUT2D eigenvalue weighted by Crippen LogP contribution is -2.46. The molecule has 238 valence electrons. The van der Waals surface area contributed by atoms with Gasteiger partial charge in [0.05, 0.1) is 22.6 Å². The Balaban J connectivity index is 1.19. The Hall–Kier alpha value is -3.63. The highest BCUT2D eigenvalue weighted by molar-refractivity contribution is 7.80. The van der Waals surface area contributed by atoms with Crippen molar-refractivity contribution in [2.45, 2.75) is 63.3 Å². The third-order valence-corrected chi connectivity index (χ3v) is 9.62. The molecule has 2 fully saturated rings. The number of benzene rings is 3. The van der Waals surface area contributed by atoms with Crippen molar-refractivity contribution in [3.05, 3.63) is 106 Å². The monoisotopic (exact) mass is 635 g/mol. The van der Waals surface area contributed by atoms with Crippen LogP contribution in [-0.2, 0) is 12.7 Å². The highest BCUT2D eigenvalue weighted by atomic mass is 32.1. The number of nitrogens with zero attached hydrogens (tertiary/aromatic N) is 4. The summed E-state index contributed by atoms with van der Waals surface area (Å²) >= 11 is 5.89. The number of alkyl halides is 3. The maximum atomic E-state index is 13.9. The van der Waals surface area contributed by atoms with Crippen molar-refractivity contribution in [1.29, 1.82) is 0 Å². The van der Waals surface area contributed by atoms with Gasteiger partial charge in [-0.3, -0.25) is 9.13 Å². The van der Waals surface area contributed by atoms with Crippen molar-refractivity contribution >= 4 is 28.4 Å². The molecule has 10 heteroatoms. The molecule has 2 aliphatic rings. The van der Waals surface area contributed by atoms with Gasteiger partial charge in [-0.15, -0.1) is 0 Å². The predicted octanol–water partition coefficient (Wildman–Crippen LogP) is 7.00. The van der Waals surface area contributed by atoms with Crippen molar-refractivity contribution < 1.29 is 13.2 Å². The summed E-state index contributed by atoms with van der Waals surface area (Å²) in [6, 6.07) is 23.9. The molecule has 0 aliphatic carbocycles. The summed E-state index contributed by atoms with van der Waals surface area (Å²) in [7, 11) is 0. The molecule has 45 heavy (non-hydrogen) atoms. The Labute approximate surface area is 267 Å². The Morgan fingerprint density at radius 3 is 2.04 bits per heavy atom. The molecule has 0 saturated carbocycles. The average molecular weight is 636 g/mol. The molecule has 2 aliphatic heterocycles. The summed E-state index contributed by atoms with van der Waals surface area (Å²) in [4.78, 5) is 18.4. The topological polar surface area (TPSA) is 45.4 Å². The fourth-order valence-corrected chi connectivity index (χ4v) is 7.15. The van der Waals surface area contributed by atoms with Gasteiger partial charge in [-0.2, -0.15) is 13.2 Å². The van der Waals surface area contributed by atoms with Crippen LogP contribution in [0.5, 0.6) is 0 Å². The van der Waals surface area contributed by atoms with E-state index in [-0.39, 0.29) is 17.8 Å². The Bertz CT molecular complexity index is 1600. The zero-order valence-electron chi connectivity index (χ0n) is 25.4. The summed E-state index contributed by atoms with van der Waals surface area (Å²) in [5.74, 6) is 0. The van der Waals surface area contributed by atoms with E-state index in [1.807, 2.05) is 36.4 Å². The summed E-state index contributed by atoms with van der Waals surface area (Å²) in [6.45, 7) is 4.60. The first-order valence-corrected chi connectivity index (χ1v) is 16.4. The number of likely N-dealkylation sites (tertiary alicyclic amines) is 2. The summed E-state index contributed by atoms with van der Waals surface area (Å²) in [6.07, 6.45) is 1.15. The van der Waals surface area contributed by atoms with E-state index < -0.39 is 11.7 Å². The number of piperidine rings is 2. The molecule has 6 nitrogen and oxygen atoms in total. The number of hydrogen-bond acceptors (Lipinski definition) is 3. The van der Waals surface area contributed by atoms with Crippen LogP contribution in [0.2, 0.25) is 0 Å². The molecule has 0 atom stereocenters. The van der Waals surface area contributed by atoms with Crippen LogP contribution in [0.15, 0.2) is 83.7 Å². The minimum absolute atomic E-state index is 0.106. The van der Waals surface area contributed by atoms with Crippen LogP contribution in [0, 0.1) is 0 Å². The molecule has 4 aromatic rings. The zero-order chi connectivity index (χ0) is 31.4. The van der Waals surface area contributed by atoms with Crippen molar-refractivity contribution in [1.82, 2.24) is 24.3 Å². The summed E-state index contributed by atoms with van der Waals surface area (Å²) < 4.78 is 44.4. The van der Waals surface area contributed by atoms with Gasteiger partial charge in [0.2, 0.25) is 0 Å². The normalized spacial score (nSPS) is 16.8. The number of fused-ring (bicyclic) bond motifs is 1. The largest absolute Gasteiger partial charge is 0.416 e. The Morgan fingerprint density at radius 1 is 0.822 bits per heavy atom. The third-order valence-electron chi connectivity index (χ3n) is 9.25. The molecule has 0 spiro atoms. The molecule has 6 rings (SSSR count). The highest BCUT2D eigenvalue weighted by Crippen LogP contribution is 2.33. The van der Waals surface area contributed by atoms with Crippen molar-refractivity contribution in [3.63, 3.8) is 0 Å². The molecule has 1 aromatic heterocycles. The van der Waals surface area contributed by atoms with Gasteiger partial charge in [0, 0.05) is 25.7 Å². The van der Waals surface area contributed by atoms with Crippen LogP contribution < -0.4 is 11.0 Å². The van der Waals surface area contributed by atoms with E-state index in [1.165, 1.54) is 25.3 Å². The molecule has 3 heterocycles. The van der Waals surface area contributed by atoms with E-state index in [9.17, 15) is 18.0 Å². The van der Waals surface area contributed by atoms with Gasteiger partial charge in [0.15, 0.2) is 5.11 Å². The first-order valence-electron chi connectivity index (χ1n) is 16.0. The lowest BCUT2D eigenvalue weighted by molar-refractivity contribution is -0.137. The van der Waals surface area contributed by atoms with Crippen LogP contribution in [0.1, 0.15) is 67.3 Å². The maximum absolute atomic E-state index is 13.9. The van der Waals surface area contributed by atoms with Crippen molar-refractivity contribution in [2.24, 2.45) is 0 Å². The second-order valence-electron chi connectivity index (χ2n) is 12.2. The molecule has 0 radical (unpaired) electrons. The summed E-state index contributed by atoms with van der Waals surface area (Å²) in [5.41, 5.74) is 2.20. The van der Waals surface area contributed by atoms with Gasteiger partial charge in [-0.05, 0) is 93.3 Å². The van der Waals surface area contributed by atoms with E-state index in [0.717, 1.165) is 49.3 Å². The lowest BCUT2D eigenvalue weighted by Gasteiger charge is -2.36. The van der Waals surface area contributed by atoms with E-state index in [1.54, 1.807) is 9.13 Å². The van der Waals surface area contributed by atoms with Crippen LogP contribution in [-0.4, -0.2) is 56.8 Å². The van der Waals surface area contributed by atoms with Gasteiger partial charge < -0.3 is 15.1 Å². The standard InChI is InChI=1S/C35H40F3N5OS/c36-35(37,38)28-15-16-30-31(25-28)42(22-10-21-40-19-8-3-9-20-40)34(44)43(30)29-17-23-41(24-18-29)33(45)39-32(26-11-4-1-5-12-26)27-13-6-2-7-14-27/h1-2,4-7,11-16,25,29,32H,3,8-10,17-24H2,(H,39,45). The average Bonchev–Trinajstić information content (AvgIpc) is 3.34. The quantitative estimate of drug-likeness (QED) is 0.211. The molecular formula is C35H40F3N5OS.